The van der Waals surface area contributed by atoms with E-state index in [1.165, 1.54) is 12.1 Å². The number of H-pyrrole nitrogens is 1. The quantitative estimate of drug-likeness (QED) is 0.637. The smallest absolute Gasteiger partial charge is 0.177 e. The third-order valence-corrected chi connectivity index (χ3v) is 4.80. The maximum absolute atomic E-state index is 14.2. The molecule has 0 unspecified atom stereocenters. The Morgan fingerprint density at radius 1 is 1.43 bits per heavy atom. The fourth-order valence-corrected chi connectivity index (χ4v) is 3.58. The first-order valence-corrected chi connectivity index (χ1v) is 7.77. The van der Waals surface area contributed by atoms with Crippen molar-refractivity contribution in [2.45, 2.75) is 25.3 Å². The zero-order chi connectivity index (χ0) is 15.1. The van der Waals surface area contributed by atoms with Crippen molar-refractivity contribution in [3.8, 4) is 0 Å². The number of halogens is 3. The lowest BCUT2D eigenvalue weighted by atomic mass is 9.95. The molecule has 2 N–H and O–H groups in total. The van der Waals surface area contributed by atoms with Gasteiger partial charge in [0.15, 0.2) is 4.77 Å². The first-order valence-electron chi connectivity index (χ1n) is 6.57. The minimum Gasteiger partial charge on any atom is -0.396 e. The summed E-state index contributed by atoms with van der Waals surface area (Å²) < 4.78 is 30.9. The van der Waals surface area contributed by atoms with Crippen LogP contribution in [0.1, 0.15) is 22.9 Å². The van der Waals surface area contributed by atoms with Gasteiger partial charge in [-0.2, -0.15) is 0 Å². The third kappa shape index (κ3) is 2.47. The number of hydrogen-bond acceptors (Lipinski definition) is 2. The molecule has 0 aliphatic carbocycles. The molecule has 2 heterocycles. The van der Waals surface area contributed by atoms with E-state index < -0.39 is 11.6 Å². The molecule has 0 spiro atoms. The van der Waals surface area contributed by atoms with Gasteiger partial charge in [-0.25, -0.2) is 8.78 Å². The van der Waals surface area contributed by atoms with E-state index in [9.17, 15) is 8.78 Å². The summed E-state index contributed by atoms with van der Waals surface area (Å²) in [6, 6.07) is 2.64. The largest absolute Gasteiger partial charge is 0.396 e. The lowest BCUT2D eigenvalue weighted by Crippen LogP contribution is -2.08. The molecule has 0 saturated carbocycles. The number of nitrogens with one attached hydrogen (secondary N) is 1. The Morgan fingerprint density at radius 3 is 2.90 bits per heavy atom. The highest BCUT2D eigenvalue weighted by molar-refractivity contribution is 9.10. The lowest BCUT2D eigenvalue weighted by molar-refractivity contribution is 0.298. The summed E-state index contributed by atoms with van der Waals surface area (Å²) in [6.07, 6.45) is 0.967. The minimum atomic E-state index is -0.552. The SMILES string of the molecule is OCCc1[nH]c(=S)n2c1C[C@H](c1c(F)ccc(Br)c1F)C2. The number of nitrogens with zero attached hydrogens (tertiary/aromatic N) is 1. The van der Waals surface area contributed by atoms with Crippen LogP contribution in [-0.2, 0) is 19.4 Å². The van der Waals surface area contributed by atoms with Crippen molar-refractivity contribution >= 4 is 28.1 Å². The number of imidazole rings is 1. The number of hydrogen-bond donors (Lipinski definition) is 2. The Bertz CT molecular complexity index is 756. The molecule has 0 amide bonds. The zero-order valence-electron chi connectivity index (χ0n) is 11.0. The second kappa shape index (κ2) is 5.62. The van der Waals surface area contributed by atoms with Gasteiger partial charge in [0.25, 0.3) is 0 Å². The lowest BCUT2D eigenvalue weighted by Gasteiger charge is -2.13. The van der Waals surface area contributed by atoms with Gasteiger partial charge in [-0.3, -0.25) is 0 Å². The highest BCUT2D eigenvalue weighted by atomic mass is 79.9. The van der Waals surface area contributed by atoms with E-state index in [-0.39, 0.29) is 22.6 Å². The summed E-state index contributed by atoms with van der Waals surface area (Å²) in [5.74, 6) is -1.37. The maximum Gasteiger partial charge on any atom is 0.177 e. The van der Waals surface area contributed by atoms with E-state index in [0.717, 1.165) is 11.4 Å². The fraction of sp³-hybridized carbons (Fsp3) is 0.357. The van der Waals surface area contributed by atoms with Crippen LogP contribution in [0.3, 0.4) is 0 Å². The number of aliphatic hydroxyl groups excluding tert-OH is 1. The van der Waals surface area contributed by atoms with E-state index in [4.69, 9.17) is 17.3 Å². The Labute approximate surface area is 133 Å². The second-order valence-electron chi connectivity index (χ2n) is 5.10. The normalized spacial score (nSPS) is 17.2. The summed E-state index contributed by atoms with van der Waals surface area (Å²) >= 11 is 8.34. The van der Waals surface area contributed by atoms with Crippen molar-refractivity contribution in [2.75, 3.05) is 6.61 Å². The van der Waals surface area contributed by atoms with Crippen LogP contribution in [0.4, 0.5) is 8.78 Å². The molecule has 2 aromatic rings. The Balaban J connectivity index is 2.01. The molecule has 1 atom stereocenters. The molecule has 0 saturated heterocycles. The number of rotatable bonds is 3. The van der Waals surface area contributed by atoms with Crippen molar-refractivity contribution in [1.82, 2.24) is 9.55 Å². The fourth-order valence-electron chi connectivity index (χ4n) is 2.93. The van der Waals surface area contributed by atoms with Gasteiger partial charge >= 0.3 is 0 Å². The molecular weight excluding hydrogens is 362 g/mol. The van der Waals surface area contributed by atoms with E-state index in [1.54, 1.807) is 0 Å². The Morgan fingerprint density at radius 2 is 2.19 bits per heavy atom. The molecule has 7 heteroatoms. The van der Waals surface area contributed by atoms with Crippen LogP contribution in [-0.4, -0.2) is 21.3 Å². The summed E-state index contributed by atoms with van der Waals surface area (Å²) in [5.41, 5.74) is 1.87. The second-order valence-corrected chi connectivity index (χ2v) is 6.34. The predicted molar refractivity (Wildman–Crippen MR) is 80.9 cm³/mol. The first kappa shape index (κ1) is 14.9. The van der Waals surface area contributed by atoms with Crippen LogP contribution in [0.25, 0.3) is 0 Å². The van der Waals surface area contributed by atoms with E-state index in [0.29, 0.717) is 24.2 Å². The van der Waals surface area contributed by atoms with Crippen LogP contribution in [0.2, 0.25) is 0 Å². The van der Waals surface area contributed by atoms with Gasteiger partial charge in [-0.1, -0.05) is 0 Å². The van der Waals surface area contributed by atoms with Crippen molar-refractivity contribution in [1.29, 1.82) is 0 Å². The van der Waals surface area contributed by atoms with Gasteiger partial charge in [0.2, 0.25) is 0 Å². The molecule has 1 aliphatic rings. The number of fused-ring (bicyclic) bond motifs is 1. The van der Waals surface area contributed by atoms with Crippen LogP contribution in [0.15, 0.2) is 16.6 Å². The molecule has 1 aromatic heterocycles. The molecule has 21 heavy (non-hydrogen) atoms. The molecule has 1 aromatic carbocycles. The molecule has 112 valence electrons. The highest BCUT2D eigenvalue weighted by Crippen LogP contribution is 2.36. The first-order chi connectivity index (χ1) is 10.0. The highest BCUT2D eigenvalue weighted by Gasteiger charge is 2.31. The third-order valence-electron chi connectivity index (χ3n) is 3.87. The van der Waals surface area contributed by atoms with Gasteiger partial charge in [0, 0.05) is 42.4 Å². The topological polar surface area (TPSA) is 40.9 Å². The predicted octanol–water partition coefficient (Wildman–Crippen LogP) is 3.46. The molecule has 3 rings (SSSR count). The van der Waals surface area contributed by atoms with E-state index in [2.05, 4.69) is 20.9 Å². The van der Waals surface area contributed by atoms with Gasteiger partial charge in [0.05, 0.1) is 4.47 Å². The van der Waals surface area contributed by atoms with Gasteiger partial charge in [-0.15, -0.1) is 0 Å². The molecule has 1 aliphatic heterocycles. The van der Waals surface area contributed by atoms with Gasteiger partial charge in [0.1, 0.15) is 11.6 Å². The minimum absolute atomic E-state index is 0.00651. The van der Waals surface area contributed by atoms with Crippen molar-refractivity contribution in [2.24, 2.45) is 0 Å². The van der Waals surface area contributed by atoms with Crippen LogP contribution >= 0.6 is 28.1 Å². The molecule has 0 radical (unpaired) electrons. The number of aromatic amines is 1. The summed E-state index contributed by atoms with van der Waals surface area (Å²) in [7, 11) is 0. The average Bonchev–Trinajstić information content (AvgIpc) is 2.98. The standard InChI is InChI=1S/C14H13BrF2N2OS/c15-8-1-2-9(16)12(13(8)17)7-5-11-10(3-4-20)18-14(21)19(11)6-7/h1-2,7,20H,3-6H2,(H,18,21)/t7-/m0/s1. The monoisotopic (exact) mass is 374 g/mol. The van der Waals surface area contributed by atoms with Gasteiger partial charge < -0.3 is 14.7 Å². The Hall–Kier alpha value is -1.05. The number of aromatic nitrogens is 2. The van der Waals surface area contributed by atoms with Gasteiger partial charge in [-0.05, 0) is 46.7 Å². The van der Waals surface area contributed by atoms with E-state index >= 15 is 0 Å². The number of aliphatic hydroxyl groups is 1. The van der Waals surface area contributed by atoms with Crippen molar-refractivity contribution < 1.29 is 13.9 Å². The summed E-state index contributed by atoms with van der Waals surface area (Å²) in [4.78, 5) is 3.05. The molecule has 0 bridgehead atoms. The maximum atomic E-state index is 14.2. The zero-order valence-corrected chi connectivity index (χ0v) is 13.4. The average molecular weight is 375 g/mol. The summed E-state index contributed by atoms with van der Waals surface area (Å²) in [6.45, 7) is 0.451. The van der Waals surface area contributed by atoms with Crippen LogP contribution < -0.4 is 0 Å². The molecule has 0 fully saturated rings. The van der Waals surface area contributed by atoms with Crippen LogP contribution in [0, 0.1) is 16.4 Å². The Kier molecular flexibility index (Phi) is 3.98. The molecular formula is C14H13BrF2N2OS. The van der Waals surface area contributed by atoms with Crippen molar-refractivity contribution in [3.05, 3.63) is 50.0 Å². The number of benzene rings is 1. The molecule has 3 nitrogen and oxygen atoms in total. The van der Waals surface area contributed by atoms with Crippen LogP contribution in [0.5, 0.6) is 0 Å². The summed E-state index contributed by atoms with van der Waals surface area (Å²) in [5, 5.41) is 9.08. The van der Waals surface area contributed by atoms with E-state index in [1.807, 2.05) is 4.57 Å². The van der Waals surface area contributed by atoms with Crippen molar-refractivity contribution in [3.63, 3.8) is 0 Å².